The third-order valence-electron chi connectivity index (χ3n) is 2.68. The summed E-state index contributed by atoms with van der Waals surface area (Å²) in [5, 5.41) is 0. The van der Waals surface area contributed by atoms with Gasteiger partial charge in [0.1, 0.15) is 12.6 Å². The number of carbonyl (C=O) groups excluding carboxylic acids is 2. The first-order valence-electron chi connectivity index (χ1n) is 4.77. The first-order chi connectivity index (χ1) is 5.86. The zero-order valence-electron chi connectivity index (χ0n) is 7.37. The van der Waals surface area contributed by atoms with E-state index in [0.717, 1.165) is 51.1 Å². The van der Waals surface area contributed by atoms with Crippen LogP contribution in [0.1, 0.15) is 38.5 Å². The number of carbonyl (C=O) groups is 2. The molecule has 0 bridgehead atoms. The molecule has 68 valence electrons. The highest BCUT2D eigenvalue weighted by molar-refractivity contribution is 5.54. The van der Waals surface area contributed by atoms with Crippen molar-refractivity contribution in [2.24, 2.45) is 11.8 Å². The summed E-state index contributed by atoms with van der Waals surface area (Å²) in [4.78, 5) is 21.0. The molecule has 0 amide bonds. The van der Waals surface area contributed by atoms with Gasteiger partial charge in [0, 0.05) is 11.8 Å². The van der Waals surface area contributed by atoms with Crippen LogP contribution in [0.2, 0.25) is 0 Å². The summed E-state index contributed by atoms with van der Waals surface area (Å²) in [6.07, 6.45) is 8.13. The summed E-state index contributed by atoms with van der Waals surface area (Å²) in [7, 11) is 0. The lowest BCUT2D eigenvalue weighted by Gasteiger charge is -2.17. The lowest BCUT2D eigenvalue weighted by molar-refractivity contribution is -0.112. The quantitative estimate of drug-likeness (QED) is 0.591. The fraction of sp³-hybridized carbons (Fsp3) is 0.800. The van der Waals surface area contributed by atoms with Gasteiger partial charge >= 0.3 is 0 Å². The van der Waals surface area contributed by atoms with Gasteiger partial charge in [-0.15, -0.1) is 0 Å². The van der Waals surface area contributed by atoms with Crippen molar-refractivity contribution in [2.45, 2.75) is 38.5 Å². The molecule has 0 aromatic rings. The smallest absolute Gasteiger partial charge is 0.123 e. The number of aldehydes is 2. The van der Waals surface area contributed by atoms with Gasteiger partial charge < -0.3 is 9.59 Å². The van der Waals surface area contributed by atoms with Gasteiger partial charge in [-0.2, -0.15) is 0 Å². The van der Waals surface area contributed by atoms with Gasteiger partial charge in [0.2, 0.25) is 0 Å². The molecule has 0 spiro atoms. The zero-order valence-corrected chi connectivity index (χ0v) is 7.37. The second-order valence-corrected chi connectivity index (χ2v) is 3.65. The summed E-state index contributed by atoms with van der Waals surface area (Å²) in [5.74, 6) is 0.523. The molecule has 1 aliphatic carbocycles. The van der Waals surface area contributed by atoms with E-state index in [0.29, 0.717) is 0 Å². The normalized spacial score (nSPS) is 31.7. The van der Waals surface area contributed by atoms with E-state index in [4.69, 9.17) is 0 Å². The lowest BCUT2D eigenvalue weighted by atomic mass is 9.87. The maximum Gasteiger partial charge on any atom is 0.123 e. The fourth-order valence-corrected chi connectivity index (χ4v) is 1.85. The molecule has 2 nitrogen and oxygen atoms in total. The minimum Gasteiger partial charge on any atom is -0.303 e. The predicted molar refractivity (Wildman–Crippen MR) is 46.8 cm³/mol. The first-order valence-corrected chi connectivity index (χ1v) is 4.77. The number of hydrogen-bond acceptors (Lipinski definition) is 2. The minimum atomic E-state index is 0.262. The van der Waals surface area contributed by atoms with Gasteiger partial charge in [0.25, 0.3) is 0 Å². The van der Waals surface area contributed by atoms with Crippen molar-refractivity contribution in [1.82, 2.24) is 0 Å². The van der Waals surface area contributed by atoms with E-state index in [1.807, 2.05) is 0 Å². The van der Waals surface area contributed by atoms with Crippen LogP contribution in [-0.4, -0.2) is 12.6 Å². The van der Waals surface area contributed by atoms with Crippen molar-refractivity contribution in [3.05, 3.63) is 0 Å². The Labute approximate surface area is 73.3 Å². The summed E-state index contributed by atoms with van der Waals surface area (Å²) in [6.45, 7) is 0. The summed E-state index contributed by atoms with van der Waals surface area (Å²) in [5.41, 5.74) is 0. The summed E-state index contributed by atoms with van der Waals surface area (Å²) < 4.78 is 0. The molecule has 1 fully saturated rings. The van der Waals surface area contributed by atoms with Crippen LogP contribution in [0.15, 0.2) is 0 Å². The maximum atomic E-state index is 10.5. The van der Waals surface area contributed by atoms with E-state index in [1.54, 1.807) is 0 Å². The van der Waals surface area contributed by atoms with Crippen molar-refractivity contribution in [3.8, 4) is 0 Å². The topological polar surface area (TPSA) is 34.1 Å². The average molecular weight is 168 g/mol. The van der Waals surface area contributed by atoms with E-state index >= 15 is 0 Å². The van der Waals surface area contributed by atoms with E-state index in [1.165, 1.54) is 0 Å². The molecule has 0 saturated heterocycles. The van der Waals surface area contributed by atoms with Crippen molar-refractivity contribution in [2.75, 3.05) is 0 Å². The highest BCUT2D eigenvalue weighted by Crippen LogP contribution is 2.23. The zero-order chi connectivity index (χ0) is 8.81. The predicted octanol–water partition coefficient (Wildman–Crippen LogP) is 1.97. The Morgan fingerprint density at radius 1 is 0.750 bits per heavy atom. The van der Waals surface area contributed by atoms with Crippen molar-refractivity contribution >= 4 is 12.6 Å². The van der Waals surface area contributed by atoms with E-state index in [2.05, 4.69) is 0 Å². The third-order valence-corrected chi connectivity index (χ3v) is 2.68. The SMILES string of the molecule is O=CC1CCCC(C=O)CCC1. The van der Waals surface area contributed by atoms with Gasteiger partial charge in [0.15, 0.2) is 0 Å². The molecule has 12 heavy (non-hydrogen) atoms. The van der Waals surface area contributed by atoms with Gasteiger partial charge in [0.05, 0.1) is 0 Å². The molecular weight excluding hydrogens is 152 g/mol. The largest absolute Gasteiger partial charge is 0.303 e. The molecule has 0 radical (unpaired) electrons. The molecular formula is C10H16O2. The Hall–Kier alpha value is -0.660. The minimum absolute atomic E-state index is 0.262. The molecule has 0 unspecified atom stereocenters. The monoisotopic (exact) mass is 168 g/mol. The van der Waals surface area contributed by atoms with Crippen LogP contribution in [0, 0.1) is 11.8 Å². The Kier molecular flexibility index (Phi) is 3.98. The summed E-state index contributed by atoms with van der Waals surface area (Å²) >= 11 is 0. The molecule has 0 atom stereocenters. The molecule has 0 aromatic carbocycles. The van der Waals surface area contributed by atoms with E-state index in [-0.39, 0.29) is 11.8 Å². The second kappa shape index (κ2) is 5.07. The van der Waals surface area contributed by atoms with Crippen LogP contribution in [0.25, 0.3) is 0 Å². The maximum absolute atomic E-state index is 10.5. The van der Waals surface area contributed by atoms with Gasteiger partial charge in [-0.05, 0) is 25.7 Å². The standard InChI is InChI=1S/C10H16O2/c11-7-9-3-1-4-10(8-12)6-2-5-9/h7-10H,1-6H2. The average Bonchev–Trinajstić information content (AvgIpc) is 2.05. The lowest BCUT2D eigenvalue weighted by Crippen LogP contribution is -2.10. The molecule has 0 aromatic heterocycles. The van der Waals surface area contributed by atoms with Crippen molar-refractivity contribution in [1.29, 1.82) is 0 Å². The highest BCUT2D eigenvalue weighted by atomic mass is 16.1. The number of hydrogen-bond donors (Lipinski definition) is 0. The fourth-order valence-electron chi connectivity index (χ4n) is 1.85. The number of rotatable bonds is 2. The van der Waals surface area contributed by atoms with Crippen LogP contribution < -0.4 is 0 Å². The first kappa shape index (κ1) is 9.43. The van der Waals surface area contributed by atoms with Gasteiger partial charge in [-0.25, -0.2) is 0 Å². The Bertz CT molecular complexity index is 128. The van der Waals surface area contributed by atoms with E-state index in [9.17, 15) is 9.59 Å². The van der Waals surface area contributed by atoms with Crippen LogP contribution in [0.3, 0.4) is 0 Å². The van der Waals surface area contributed by atoms with Gasteiger partial charge in [-0.1, -0.05) is 12.8 Å². The summed E-state index contributed by atoms with van der Waals surface area (Å²) in [6, 6.07) is 0. The Morgan fingerprint density at radius 2 is 1.08 bits per heavy atom. The van der Waals surface area contributed by atoms with Crippen LogP contribution in [0.4, 0.5) is 0 Å². The molecule has 0 heterocycles. The second-order valence-electron chi connectivity index (χ2n) is 3.65. The molecule has 0 N–H and O–H groups in total. The highest BCUT2D eigenvalue weighted by Gasteiger charge is 2.15. The molecule has 1 aliphatic rings. The van der Waals surface area contributed by atoms with Crippen molar-refractivity contribution in [3.63, 3.8) is 0 Å². The molecule has 1 rings (SSSR count). The Balaban J connectivity index is 2.33. The van der Waals surface area contributed by atoms with Crippen molar-refractivity contribution < 1.29 is 9.59 Å². The van der Waals surface area contributed by atoms with Crippen LogP contribution in [-0.2, 0) is 9.59 Å². The van der Waals surface area contributed by atoms with Crippen LogP contribution >= 0.6 is 0 Å². The molecule has 2 heteroatoms. The van der Waals surface area contributed by atoms with Crippen LogP contribution in [0.5, 0.6) is 0 Å². The Morgan fingerprint density at radius 3 is 1.33 bits per heavy atom. The van der Waals surface area contributed by atoms with E-state index < -0.39 is 0 Å². The van der Waals surface area contributed by atoms with Gasteiger partial charge in [-0.3, -0.25) is 0 Å². The molecule has 0 aliphatic heterocycles. The molecule has 1 saturated carbocycles. The third kappa shape index (κ3) is 2.76.